The van der Waals surface area contributed by atoms with Crippen LogP contribution in [-0.2, 0) is 5.60 Å². The van der Waals surface area contributed by atoms with Crippen molar-refractivity contribution >= 4 is 35.6 Å². The van der Waals surface area contributed by atoms with E-state index in [4.69, 9.17) is 5.73 Å². The number of hydrogen-bond acceptors (Lipinski definition) is 3. The van der Waals surface area contributed by atoms with E-state index in [9.17, 15) is 9.50 Å². The molecule has 5 nitrogen and oxygen atoms in total. The van der Waals surface area contributed by atoms with Crippen molar-refractivity contribution in [2.75, 3.05) is 37.6 Å². The van der Waals surface area contributed by atoms with Gasteiger partial charge in [0.15, 0.2) is 5.96 Å². The van der Waals surface area contributed by atoms with E-state index in [1.165, 1.54) is 12.1 Å². The van der Waals surface area contributed by atoms with Gasteiger partial charge >= 0.3 is 0 Å². The predicted molar refractivity (Wildman–Crippen MR) is 118 cm³/mol. The highest BCUT2D eigenvalue weighted by Crippen LogP contribution is 2.21. The van der Waals surface area contributed by atoms with Crippen LogP contribution in [0.2, 0.25) is 0 Å². The Labute approximate surface area is 176 Å². The molecule has 146 valence electrons. The first-order valence-electron chi connectivity index (χ1n) is 8.79. The quantitative estimate of drug-likeness (QED) is 0.398. The van der Waals surface area contributed by atoms with Gasteiger partial charge in [-0.2, -0.15) is 0 Å². The molecule has 1 aliphatic heterocycles. The number of anilines is 1. The Balaban J connectivity index is 0.00000261. The summed E-state index contributed by atoms with van der Waals surface area (Å²) in [5.41, 5.74) is 6.91. The Kier molecular flexibility index (Phi) is 7.43. The van der Waals surface area contributed by atoms with Gasteiger partial charge in [0.1, 0.15) is 11.4 Å². The Morgan fingerprint density at radius 1 is 1.07 bits per heavy atom. The van der Waals surface area contributed by atoms with Crippen LogP contribution < -0.4 is 10.6 Å². The maximum Gasteiger partial charge on any atom is 0.191 e. The predicted octanol–water partition coefficient (Wildman–Crippen LogP) is 2.79. The van der Waals surface area contributed by atoms with Gasteiger partial charge in [-0.3, -0.25) is 0 Å². The number of aliphatic hydroxyl groups is 1. The average molecular weight is 484 g/mol. The van der Waals surface area contributed by atoms with E-state index in [1.807, 2.05) is 35.2 Å². The third-order valence-electron chi connectivity index (χ3n) is 4.74. The van der Waals surface area contributed by atoms with E-state index in [0.29, 0.717) is 5.96 Å². The van der Waals surface area contributed by atoms with Crippen molar-refractivity contribution in [2.45, 2.75) is 12.5 Å². The van der Waals surface area contributed by atoms with Crippen LogP contribution in [0.4, 0.5) is 10.1 Å². The molecule has 3 rings (SSSR count). The summed E-state index contributed by atoms with van der Waals surface area (Å²) in [5, 5.41) is 10.6. The Bertz CT molecular complexity index is 744. The number of piperazine rings is 1. The minimum absolute atomic E-state index is 0. The van der Waals surface area contributed by atoms with Crippen LogP contribution in [0.3, 0.4) is 0 Å². The van der Waals surface area contributed by atoms with Crippen molar-refractivity contribution in [3.8, 4) is 0 Å². The van der Waals surface area contributed by atoms with Gasteiger partial charge in [0.05, 0.1) is 6.54 Å². The summed E-state index contributed by atoms with van der Waals surface area (Å²) in [6.45, 7) is 5.00. The Hall–Kier alpha value is -1.87. The summed E-state index contributed by atoms with van der Waals surface area (Å²) < 4.78 is 13.0. The molecule has 1 fully saturated rings. The number of hydrogen-bond donors (Lipinski definition) is 2. The fourth-order valence-electron chi connectivity index (χ4n) is 3.07. The molecule has 2 aromatic carbocycles. The number of halogens is 2. The topological polar surface area (TPSA) is 65.1 Å². The molecule has 1 atom stereocenters. The summed E-state index contributed by atoms with van der Waals surface area (Å²) >= 11 is 0. The number of aliphatic imine (C=N–C) groups is 1. The van der Waals surface area contributed by atoms with E-state index < -0.39 is 5.60 Å². The SMILES string of the molecule is CC(O)(CN=C(N)N1CCN(c2ccc(F)cc2)CC1)c1ccccc1.I. The number of rotatable bonds is 4. The van der Waals surface area contributed by atoms with Crippen molar-refractivity contribution in [2.24, 2.45) is 10.7 Å². The molecule has 0 aromatic heterocycles. The number of nitrogens with two attached hydrogens (primary N) is 1. The Morgan fingerprint density at radius 3 is 2.26 bits per heavy atom. The molecule has 0 amide bonds. The van der Waals surface area contributed by atoms with E-state index in [2.05, 4.69) is 9.89 Å². The van der Waals surface area contributed by atoms with Crippen LogP contribution in [0.1, 0.15) is 12.5 Å². The smallest absolute Gasteiger partial charge is 0.191 e. The van der Waals surface area contributed by atoms with E-state index in [0.717, 1.165) is 37.4 Å². The minimum atomic E-state index is -1.05. The zero-order valence-electron chi connectivity index (χ0n) is 15.4. The lowest BCUT2D eigenvalue weighted by atomic mass is 9.96. The van der Waals surface area contributed by atoms with Crippen LogP contribution in [-0.4, -0.2) is 48.7 Å². The van der Waals surface area contributed by atoms with Gasteiger partial charge in [-0.1, -0.05) is 30.3 Å². The lowest BCUT2D eigenvalue weighted by Gasteiger charge is -2.36. The standard InChI is InChI=1S/C20H25FN4O.HI/c1-20(26,16-5-3-2-4-6-16)15-23-19(22)25-13-11-24(12-14-25)18-9-7-17(21)8-10-18;/h2-10,26H,11-15H2,1H3,(H2,22,23);1H. The van der Waals surface area contributed by atoms with Gasteiger partial charge in [-0.15, -0.1) is 24.0 Å². The maximum absolute atomic E-state index is 13.0. The van der Waals surface area contributed by atoms with Crippen LogP contribution in [0.15, 0.2) is 59.6 Å². The first kappa shape index (κ1) is 21.4. The van der Waals surface area contributed by atoms with Crippen molar-refractivity contribution in [3.63, 3.8) is 0 Å². The molecule has 3 N–H and O–H groups in total. The van der Waals surface area contributed by atoms with E-state index in [-0.39, 0.29) is 36.3 Å². The normalized spacial score (nSPS) is 17.2. The lowest BCUT2D eigenvalue weighted by molar-refractivity contribution is 0.0670. The van der Waals surface area contributed by atoms with Crippen LogP contribution >= 0.6 is 24.0 Å². The molecular formula is C20H26FIN4O. The van der Waals surface area contributed by atoms with Crippen molar-refractivity contribution in [1.82, 2.24) is 4.90 Å². The largest absolute Gasteiger partial charge is 0.384 e. The van der Waals surface area contributed by atoms with Gasteiger partial charge in [0, 0.05) is 31.9 Å². The number of benzene rings is 2. The highest BCUT2D eigenvalue weighted by Gasteiger charge is 2.24. The summed E-state index contributed by atoms with van der Waals surface area (Å²) in [7, 11) is 0. The molecule has 0 radical (unpaired) electrons. The fourth-order valence-corrected chi connectivity index (χ4v) is 3.07. The first-order valence-corrected chi connectivity index (χ1v) is 8.79. The third kappa shape index (κ3) is 5.55. The van der Waals surface area contributed by atoms with E-state index >= 15 is 0 Å². The lowest BCUT2D eigenvalue weighted by Crippen LogP contribution is -2.51. The summed E-state index contributed by atoms with van der Waals surface area (Å²) in [6, 6.07) is 16.0. The van der Waals surface area contributed by atoms with Gasteiger partial charge in [0.25, 0.3) is 0 Å². The highest BCUT2D eigenvalue weighted by molar-refractivity contribution is 14.0. The molecule has 7 heteroatoms. The Morgan fingerprint density at radius 2 is 1.67 bits per heavy atom. The number of nitrogens with zero attached hydrogens (tertiary/aromatic N) is 3. The molecule has 1 saturated heterocycles. The zero-order valence-corrected chi connectivity index (χ0v) is 17.7. The van der Waals surface area contributed by atoms with E-state index in [1.54, 1.807) is 19.1 Å². The second-order valence-corrected chi connectivity index (χ2v) is 6.76. The molecule has 2 aromatic rings. The minimum Gasteiger partial charge on any atom is -0.384 e. The van der Waals surface area contributed by atoms with Crippen molar-refractivity contribution in [3.05, 3.63) is 66.0 Å². The van der Waals surface area contributed by atoms with Crippen LogP contribution in [0.25, 0.3) is 0 Å². The third-order valence-corrected chi connectivity index (χ3v) is 4.74. The second kappa shape index (κ2) is 9.36. The van der Waals surface area contributed by atoms with Crippen LogP contribution in [0.5, 0.6) is 0 Å². The molecule has 0 saturated carbocycles. The molecule has 1 aliphatic rings. The molecule has 1 heterocycles. The summed E-state index contributed by atoms with van der Waals surface area (Å²) in [5.74, 6) is 0.217. The first-order chi connectivity index (χ1) is 12.5. The fraction of sp³-hybridized carbons (Fsp3) is 0.350. The monoisotopic (exact) mass is 484 g/mol. The molecule has 0 bridgehead atoms. The van der Waals surface area contributed by atoms with Crippen molar-refractivity contribution in [1.29, 1.82) is 0 Å². The summed E-state index contributed by atoms with van der Waals surface area (Å²) in [6.07, 6.45) is 0. The summed E-state index contributed by atoms with van der Waals surface area (Å²) in [4.78, 5) is 8.62. The molecule has 0 aliphatic carbocycles. The second-order valence-electron chi connectivity index (χ2n) is 6.76. The zero-order chi connectivity index (χ0) is 18.6. The molecule has 1 unspecified atom stereocenters. The number of guanidine groups is 1. The van der Waals surface area contributed by atoms with Crippen molar-refractivity contribution < 1.29 is 9.50 Å². The molecule has 27 heavy (non-hydrogen) atoms. The van der Waals surface area contributed by atoms with Gasteiger partial charge in [-0.05, 0) is 36.8 Å². The van der Waals surface area contributed by atoms with Gasteiger partial charge in [0.2, 0.25) is 0 Å². The van der Waals surface area contributed by atoms with Gasteiger partial charge < -0.3 is 20.6 Å². The molecule has 0 spiro atoms. The van der Waals surface area contributed by atoms with Crippen LogP contribution in [0, 0.1) is 5.82 Å². The highest BCUT2D eigenvalue weighted by atomic mass is 127. The maximum atomic E-state index is 13.0. The van der Waals surface area contributed by atoms with Gasteiger partial charge in [-0.25, -0.2) is 9.38 Å². The average Bonchev–Trinajstić information content (AvgIpc) is 2.68. The molecular weight excluding hydrogens is 458 g/mol.